The SMILES string of the molecule is CN(C)C1C(=O)C(C(N)=O)=C(O)C2(O)C(=O)C3=C(O)c4c(O)c(I)cc([N+]#N)c4CC3CC12. The number of aliphatic hydroxyl groups excluding tert-OH is 2. The molecule has 1 fully saturated rings. The van der Waals surface area contributed by atoms with Crippen molar-refractivity contribution >= 4 is 51.5 Å². The van der Waals surface area contributed by atoms with Gasteiger partial charge >= 0.3 is 5.69 Å². The van der Waals surface area contributed by atoms with Crippen LogP contribution in [0.3, 0.4) is 0 Å². The number of Topliss-reactive ketones (excluding diaryl/α,β-unsaturated/α-hetero) is 2. The summed E-state index contributed by atoms with van der Waals surface area (Å²) in [4.78, 5) is 43.2. The van der Waals surface area contributed by atoms with Gasteiger partial charge in [-0.25, -0.2) is 0 Å². The molecule has 0 bridgehead atoms. The highest BCUT2D eigenvalue weighted by Gasteiger charge is 2.64. The number of phenolic OH excluding ortho intramolecular Hbond substituents is 1. The Morgan fingerprint density at radius 2 is 1.94 bits per heavy atom. The zero-order chi connectivity index (χ0) is 24.6. The molecule has 0 aliphatic heterocycles. The number of fused-ring (bicyclic) bond motifs is 3. The monoisotopic (exact) mass is 567 g/mol. The molecule has 0 radical (unpaired) electrons. The van der Waals surface area contributed by atoms with Crippen LogP contribution < -0.4 is 5.73 Å². The van der Waals surface area contributed by atoms with Crippen molar-refractivity contribution in [1.29, 1.82) is 5.39 Å². The molecule has 1 aromatic rings. The first kappa shape index (κ1) is 23.1. The molecule has 6 N–H and O–H groups in total. The normalized spacial score (nSPS) is 28.9. The van der Waals surface area contributed by atoms with Gasteiger partial charge in [-0.05, 0) is 55.4 Å². The van der Waals surface area contributed by atoms with E-state index in [0.29, 0.717) is 5.56 Å². The van der Waals surface area contributed by atoms with E-state index in [-0.39, 0.29) is 39.0 Å². The summed E-state index contributed by atoms with van der Waals surface area (Å²) in [5.41, 5.74) is 1.73. The second-order valence-corrected chi connectivity index (χ2v) is 9.80. The fraction of sp³-hybridized carbons (Fsp3) is 0.381. The molecule has 0 saturated heterocycles. The molecule has 3 aliphatic carbocycles. The van der Waals surface area contributed by atoms with E-state index in [2.05, 4.69) is 4.98 Å². The van der Waals surface area contributed by atoms with Crippen LogP contribution in [0.5, 0.6) is 5.75 Å². The lowest BCUT2D eigenvalue weighted by molar-refractivity contribution is -0.153. The van der Waals surface area contributed by atoms with E-state index in [4.69, 9.17) is 5.73 Å². The molecule has 4 rings (SSSR count). The third kappa shape index (κ3) is 2.92. The van der Waals surface area contributed by atoms with Crippen LogP contribution in [-0.2, 0) is 20.8 Å². The van der Waals surface area contributed by atoms with Crippen molar-refractivity contribution in [3.8, 4) is 5.75 Å². The molecule has 0 aromatic heterocycles. The van der Waals surface area contributed by atoms with Crippen LogP contribution >= 0.6 is 22.6 Å². The fourth-order valence-corrected chi connectivity index (χ4v) is 5.91. The quantitative estimate of drug-likeness (QED) is 0.198. The van der Waals surface area contributed by atoms with E-state index < -0.39 is 58.0 Å². The van der Waals surface area contributed by atoms with Gasteiger partial charge in [0, 0.05) is 11.5 Å². The topological polar surface area (TPSA) is 190 Å². The summed E-state index contributed by atoms with van der Waals surface area (Å²) in [7, 11) is 3.05. The second-order valence-electron chi connectivity index (χ2n) is 8.64. The predicted molar refractivity (Wildman–Crippen MR) is 122 cm³/mol. The molecule has 33 heavy (non-hydrogen) atoms. The van der Waals surface area contributed by atoms with Crippen LogP contribution in [-0.4, -0.2) is 68.5 Å². The molecule has 4 atom stereocenters. The first-order chi connectivity index (χ1) is 15.4. The number of phenols is 1. The number of hydrogen-bond donors (Lipinski definition) is 5. The van der Waals surface area contributed by atoms with Gasteiger partial charge in [-0.2, -0.15) is 0 Å². The summed E-state index contributed by atoms with van der Waals surface area (Å²) >= 11 is 1.77. The van der Waals surface area contributed by atoms with E-state index >= 15 is 0 Å². The minimum Gasteiger partial charge on any atom is -0.508 e. The highest BCUT2D eigenvalue weighted by Crippen LogP contribution is 2.54. The number of carbonyl (C=O) groups is 3. The number of benzene rings is 1. The molecule has 11 nitrogen and oxygen atoms in total. The molecule has 1 aromatic carbocycles. The number of aromatic hydroxyl groups is 1. The van der Waals surface area contributed by atoms with Crippen LogP contribution in [0.2, 0.25) is 0 Å². The Morgan fingerprint density at radius 3 is 2.48 bits per heavy atom. The Bertz CT molecular complexity index is 1260. The molecule has 4 unspecified atom stereocenters. The zero-order valence-corrected chi connectivity index (χ0v) is 19.7. The maximum atomic E-state index is 13.6. The van der Waals surface area contributed by atoms with Crippen LogP contribution in [0.15, 0.2) is 23.0 Å². The molecule has 1 amide bonds. The van der Waals surface area contributed by atoms with Crippen molar-refractivity contribution in [2.24, 2.45) is 17.6 Å². The standard InChI is InChI=1S/C21H19IN4O7/c1-26(2)14-8-4-6-3-7-10(25-24)5-9(22)15(27)12(7)16(28)11(6)18(30)21(8,33)19(31)13(17(14)29)20(23)32/h5-6,8,14,33H,3-4H2,1-2H3,(H4-,23,27,28,29,30,31,32)/p+1. The molecular weight excluding hydrogens is 547 g/mol. The molecule has 172 valence electrons. The third-order valence-corrected chi connectivity index (χ3v) is 7.58. The van der Waals surface area contributed by atoms with Gasteiger partial charge in [-0.1, -0.05) is 0 Å². The number of hydrogen-bond acceptors (Lipinski definition) is 9. The van der Waals surface area contributed by atoms with Gasteiger partial charge < -0.3 is 26.2 Å². The summed E-state index contributed by atoms with van der Waals surface area (Å²) in [6.45, 7) is 0. The smallest absolute Gasteiger partial charge is 0.390 e. The van der Waals surface area contributed by atoms with Crippen molar-refractivity contribution in [2.75, 3.05) is 14.1 Å². The van der Waals surface area contributed by atoms with E-state index in [0.717, 1.165) is 0 Å². The number of nitrogens with zero attached hydrogens (tertiary/aromatic N) is 3. The highest BCUT2D eigenvalue weighted by molar-refractivity contribution is 14.1. The van der Waals surface area contributed by atoms with Gasteiger partial charge in [-0.3, -0.25) is 19.3 Å². The van der Waals surface area contributed by atoms with E-state index in [1.165, 1.54) is 25.1 Å². The van der Waals surface area contributed by atoms with Crippen molar-refractivity contribution < 1.29 is 34.8 Å². The maximum absolute atomic E-state index is 13.6. The number of nitrogens with two attached hydrogens (primary N) is 1. The maximum Gasteiger partial charge on any atom is 0.390 e. The number of carbonyl (C=O) groups excluding carboxylic acids is 3. The van der Waals surface area contributed by atoms with E-state index in [1.807, 2.05) is 0 Å². The first-order valence-corrected chi connectivity index (χ1v) is 11.0. The fourth-order valence-electron chi connectivity index (χ4n) is 5.35. The lowest BCUT2D eigenvalue weighted by atomic mass is 9.57. The predicted octanol–water partition coefficient (Wildman–Crippen LogP) is 1.05. The van der Waals surface area contributed by atoms with Crippen LogP contribution in [0.25, 0.3) is 10.7 Å². The van der Waals surface area contributed by atoms with Crippen molar-refractivity contribution in [2.45, 2.75) is 24.5 Å². The molecule has 1 saturated carbocycles. The van der Waals surface area contributed by atoms with Crippen molar-refractivity contribution in [1.82, 2.24) is 4.90 Å². The number of diazo groups is 1. The van der Waals surface area contributed by atoms with Crippen LogP contribution in [0, 0.1) is 20.8 Å². The lowest BCUT2D eigenvalue weighted by Gasteiger charge is -2.50. The molecular formula is C21H20IN4O7+. The molecule has 3 aliphatic rings. The van der Waals surface area contributed by atoms with Crippen molar-refractivity contribution in [3.05, 3.63) is 42.6 Å². The second kappa shape index (κ2) is 7.51. The molecule has 0 heterocycles. The van der Waals surface area contributed by atoms with Crippen LogP contribution in [0.1, 0.15) is 17.5 Å². The lowest BCUT2D eigenvalue weighted by Crippen LogP contribution is -2.65. The number of primary amides is 1. The molecule has 0 spiro atoms. The number of aliphatic hydroxyl groups is 3. The summed E-state index contributed by atoms with van der Waals surface area (Å²) in [6.07, 6.45) is 0.0157. The summed E-state index contributed by atoms with van der Waals surface area (Å²) in [5, 5.41) is 53.3. The number of rotatable bonds is 2. The number of amides is 1. The summed E-state index contributed by atoms with van der Waals surface area (Å²) < 4.78 is 0.249. The van der Waals surface area contributed by atoms with E-state index in [9.17, 15) is 40.2 Å². The van der Waals surface area contributed by atoms with E-state index in [1.54, 1.807) is 22.6 Å². The first-order valence-electron chi connectivity index (χ1n) is 9.92. The average molecular weight is 567 g/mol. The van der Waals surface area contributed by atoms with Gasteiger partial charge in [0.2, 0.25) is 11.2 Å². The molecule has 12 heteroatoms. The Kier molecular flexibility index (Phi) is 5.26. The van der Waals surface area contributed by atoms with Gasteiger partial charge in [0.25, 0.3) is 5.91 Å². The largest absolute Gasteiger partial charge is 0.508 e. The highest BCUT2D eigenvalue weighted by atomic mass is 127. The van der Waals surface area contributed by atoms with Gasteiger partial charge in [0.05, 0.1) is 26.8 Å². The summed E-state index contributed by atoms with van der Waals surface area (Å²) in [6, 6.07) is 0.253. The minimum absolute atomic E-state index is 0.0383. The van der Waals surface area contributed by atoms with Gasteiger partial charge in [0.1, 0.15) is 22.8 Å². The zero-order valence-electron chi connectivity index (χ0n) is 17.5. The third-order valence-electron chi connectivity index (χ3n) is 6.76. The average Bonchev–Trinajstić information content (AvgIpc) is 2.72. The van der Waals surface area contributed by atoms with Gasteiger partial charge in [-0.15, -0.1) is 0 Å². The van der Waals surface area contributed by atoms with Crippen molar-refractivity contribution in [3.63, 3.8) is 0 Å². The Labute approximate surface area is 200 Å². The Hall–Kier alpha value is -3.02. The number of ketones is 2. The number of likely N-dealkylation sites (N-methyl/N-ethyl adjacent to an activating group) is 1. The Balaban J connectivity index is 2.02. The number of halogens is 1. The van der Waals surface area contributed by atoms with Gasteiger partial charge in [0.15, 0.2) is 16.4 Å². The van der Waals surface area contributed by atoms with Crippen LogP contribution in [0.4, 0.5) is 5.69 Å². The summed E-state index contributed by atoms with van der Waals surface area (Å²) in [5.74, 6) is -7.21. The minimum atomic E-state index is -2.69. The Morgan fingerprint density at radius 1 is 1.30 bits per heavy atom.